The van der Waals surface area contributed by atoms with Crippen LogP contribution in [0, 0.1) is 12.0 Å². The number of hydrogen-bond acceptors (Lipinski definition) is 2. The van der Waals surface area contributed by atoms with E-state index in [2.05, 4.69) is 24.2 Å². The van der Waals surface area contributed by atoms with Crippen LogP contribution < -0.4 is 11.1 Å². The summed E-state index contributed by atoms with van der Waals surface area (Å²) in [5.74, 6) is 3.04. The highest BCUT2D eigenvalue weighted by atomic mass is 14.8. The normalized spacial score (nSPS) is 9.79. The molecule has 0 aliphatic rings. The summed E-state index contributed by atoms with van der Waals surface area (Å²) in [6, 6.07) is 2.82. The van der Waals surface area contributed by atoms with Crippen molar-refractivity contribution in [2.45, 2.75) is 51.9 Å². The fraction of sp³-hybridized carbons (Fsp3) is 0.667. The average Bonchev–Trinajstić information content (AvgIpc) is 2.21. The smallest absolute Gasteiger partial charge is 0.0248 e. The lowest BCUT2D eigenvalue weighted by atomic mass is 10.1. The minimum atomic E-state index is 0.984. The van der Waals surface area contributed by atoms with Gasteiger partial charge in [0.2, 0.25) is 0 Å². The Kier molecular flexibility index (Phi) is 11.0. The first-order chi connectivity index (χ1) is 6.91. The fourth-order valence-corrected chi connectivity index (χ4v) is 1.20. The van der Waals surface area contributed by atoms with Crippen LogP contribution in [0.4, 0.5) is 0 Å². The summed E-state index contributed by atoms with van der Waals surface area (Å²) in [5.41, 5.74) is 5.13. The molecule has 0 saturated heterocycles. The van der Waals surface area contributed by atoms with Gasteiger partial charge in [0.05, 0.1) is 0 Å². The van der Waals surface area contributed by atoms with E-state index in [4.69, 9.17) is 5.73 Å². The lowest BCUT2D eigenvalue weighted by Crippen LogP contribution is -1.94. The molecule has 0 saturated carbocycles. The van der Waals surface area contributed by atoms with Gasteiger partial charge in [-0.2, -0.15) is 0 Å². The minimum Gasteiger partial charge on any atom is -0.403 e. The van der Waals surface area contributed by atoms with Gasteiger partial charge in [-0.05, 0) is 6.42 Å². The molecule has 0 aliphatic heterocycles. The number of unbranched alkanes of at least 4 members (excludes halogenated alkanes) is 6. The number of rotatable bonds is 7. The second kappa shape index (κ2) is 11.9. The van der Waals surface area contributed by atoms with E-state index in [-0.39, 0.29) is 0 Å². The largest absolute Gasteiger partial charge is 0.403 e. The van der Waals surface area contributed by atoms with Gasteiger partial charge in [0.25, 0.3) is 0 Å². The molecule has 0 rings (SSSR count). The molecule has 0 bridgehead atoms. The van der Waals surface area contributed by atoms with Crippen molar-refractivity contribution in [3.05, 3.63) is 12.4 Å². The van der Waals surface area contributed by atoms with Crippen LogP contribution in [0.15, 0.2) is 12.4 Å². The van der Waals surface area contributed by atoms with Crippen LogP contribution in [-0.4, -0.2) is 0 Å². The molecule has 0 spiro atoms. The quantitative estimate of drug-likeness (QED) is 0.371. The summed E-state index contributed by atoms with van der Waals surface area (Å²) in [4.78, 5) is 0. The van der Waals surface area contributed by atoms with Crippen molar-refractivity contribution in [2.24, 2.45) is 5.73 Å². The molecular formula is C12H22N2. The van der Waals surface area contributed by atoms with Crippen molar-refractivity contribution in [2.75, 3.05) is 0 Å². The maximum atomic E-state index is 5.13. The first-order valence-corrected chi connectivity index (χ1v) is 5.52. The van der Waals surface area contributed by atoms with Gasteiger partial charge in [-0.1, -0.05) is 44.9 Å². The zero-order valence-electron chi connectivity index (χ0n) is 9.18. The lowest BCUT2D eigenvalue weighted by Gasteiger charge is -1.96. The highest BCUT2D eigenvalue weighted by Crippen LogP contribution is 2.05. The van der Waals surface area contributed by atoms with Gasteiger partial charge in [0.15, 0.2) is 0 Å². The Morgan fingerprint density at radius 2 is 1.86 bits per heavy atom. The predicted octanol–water partition coefficient (Wildman–Crippen LogP) is 2.72. The molecule has 2 nitrogen and oxygen atoms in total. The fourth-order valence-electron chi connectivity index (χ4n) is 1.20. The van der Waals surface area contributed by atoms with Gasteiger partial charge in [0, 0.05) is 24.9 Å². The van der Waals surface area contributed by atoms with Gasteiger partial charge < -0.3 is 11.1 Å². The van der Waals surface area contributed by atoms with Gasteiger partial charge in [-0.3, -0.25) is 0 Å². The molecule has 0 aliphatic carbocycles. The number of hydrogen-bond donors (Lipinski definition) is 2. The van der Waals surface area contributed by atoms with Crippen molar-refractivity contribution in [1.82, 2.24) is 5.32 Å². The summed E-state index contributed by atoms with van der Waals surface area (Å²) in [5, 5.41) is 2.78. The van der Waals surface area contributed by atoms with Crippen molar-refractivity contribution in [1.29, 1.82) is 0 Å². The monoisotopic (exact) mass is 194 g/mol. The molecule has 0 unspecified atom stereocenters. The van der Waals surface area contributed by atoms with Crippen LogP contribution in [0.25, 0.3) is 0 Å². The lowest BCUT2D eigenvalue weighted by molar-refractivity contribution is 0.614. The molecular weight excluding hydrogens is 172 g/mol. The van der Waals surface area contributed by atoms with Crippen LogP contribution >= 0.6 is 0 Å². The number of nitrogens with two attached hydrogens (primary N) is 1. The molecule has 0 aromatic rings. The second-order valence-corrected chi connectivity index (χ2v) is 3.32. The van der Waals surface area contributed by atoms with E-state index >= 15 is 0 Å². The Balaban J connectivity index is 3.07. The minimum absolute atomic E-state index is 0.984. The highest BCUT2D eigenvalue weighted by molar-refractivity contribution is 4.99. The number of nitrogens with one attached hydrogen (secondary N) is 1. The molecule has 0 fully saturated rings. The van der Waals surface area contributed by atoms with E-state index in [9.17, 15) is 0 Å². The summed E-state index contributed by atoms with van der Waals surface area (Å²) in [6.45, 7) is 2.24. The molecule has 0 aromatic carbocycles. The van der Waals surface area contributed by atoms with Gasteiger partial charge in [-0.25, -0.2) is 0 Å². The van der Waals surface area contributed by atoms with Crippen molar-refractivity contribution in [3.63, 3.8) is 0 Å². The first-order valence-electron chi connectivity index (χ1n) is 5.52. The van der Waals surface area contributed by atoms with Crippen LogP contribution in [-0.2, 0) is 0 Å². The maximum Gasteiger partial charge on any atom is 0.0248 e. The van der Waals surface area contributed by atoms with Gasteiger partial charge in [-0.15, -0.1) is 0 Å². The zero-order valence-corrected chi connectivity index (χ0v) is 9.18. The Morgan fingerprint density at radius 3 is 2.57 bits per heavy atom. The molecule has 0 aromatic heterocycles. The highest BCUT2D eigenvalue weighted by Gasteiger charge is 1.87. The van der Waals surface area contributed by atoms with E-state index in [0.717, 1.165) is 6.42 Å². The summed E-state index contributed by atoms with van der Waals surface area (Å²) < 4.78 is 0. The Morgan fingerprint density at radius 1 is 1.14 bits per heavy atom. The molecule has 0 heterocycles. The van der Waals surface area contributed by atoms with E-state index in [1.807, 2.05) is 0 Å². The Hall–Kier alpha value is -1.10. The molecule has 2 heteroatoms. The van der Waals surface area contributed by atoms with Crippen LogP contribution in [0.2, 0.25) is 0 Å². The second-order valence-electron chi connectivity index (χ2n) is 3.32. The topological polar surface area (TPSA) is 38.0 Å². The standard InChI is InChI=1S/C12H22N2/c1-2-3-4-5-6-7-8-9-11-14-12-10-13/h10,12,14H,2-8,13H2,1H3/b12-10+. The third-order valence-corrected chi connectivity index (χ3v) is 2.00. The SMILES string of the molecule is CCCCCCCCC#CN/C=C/N. The van der Waals surface area contributed by atoms with Crippen LogP contribution in [0.5, 0.6) is 0 Å². The van der Waals surface area contributed by atoms with Crippen molar-refractivity contribution >= 4 is 0 Å². The summed E-state index contributed by atoms with van der Waals surface area (Å²) in [6.07, 6.45) is 12.0. The Bertz CT molecular complexity index is 186. The molecule has 0 radical (unpaired) electrons. The predicted molar refractivity (Wildman–Crippen MR) is 62.2 cm³/mol. The van der Waals surface area contributed by atoms with E-state index < -0.39 is 0 Å². The first kappa shape index (κ1) is 12.9. The van der Waals surface area contributed by atoms with E-state index in [0.29, 0.717) is 0 Å². The average molecular weight is 194 g/mol. The zero-order chi connectivity index (χ0) is 10.5. The molecule has 3 N–H and O–H groups in total. The molecule has 14 heavy (non-hydrogen) atoms. The van der Waals surface area contributed by atoms with Gasteiger partial charge >= 0.3 is 0 Å². The van der Waals surface area contributed by atoms with Crippen molar-refractivity contribution in [3.8, 4) is 12.0 Å². The van der Waals surface area contributed by atoms with Gasteiger partial charge in [0.1, 0.15) is 0 Å². The summed E-state index contributed by atoms with van der Waals surface area (Å²) >= 11 is 0. The molecule has 0 amide bonds. The third-order valence-electron chi connectivity index (χ3n) is 2.00. The van der Waals surface area contributed by atoms with Crippen LogP contribution in [0.1, 0.15) is 51.9 Å². The molecule has 80 valence electrons. The maximum absolute atomic E-state index is 5.13. The summed E-state index contributed by atoms with van der Waals surface area (Å²) in [7, 11) is 0. The van der Waals surface area contributed by atoms with Crippen molar-refractivity contribution < 1.29 is 0 Å². The third kappa shape index (κ3) is 10.9. The van der Waals surface area contributed by atoms with Crippen LogP contribution in [0.3, 0.4) is 0 Å². The van der Waals surface area contributed by atoms with E-state index in [1.165, 1.54) is 44.7 Å². The van der Waals surface area contributed by atoms with E-state index in [1.54, 1.807) is 6.20 Å². The molecule has 0 atom stereocenters. The Labute approximate surface area is 88.0 Å².